The van der Waals surface area contributed by atoms with Crippen molar-refractivity contribution in [3.05, 3.63) is 18.7 Å². The van der Waals surface area contributed by atoms with Crippen LogP contribution in [0.3, 0.4) is 0 Å². The molecule has 0 amide bonds. The van der Waals surface area contributed by atoms with Gasteiger partial charge in [0, 0.05) is 6.04 Å². The number of halogens is 1. The van der Waals surface area contributed by atoms with E-state index in [0.717, 1.165) is 6.04 Å². The lowest BCUT2D eigenvalue weighted by atomic mass is 9.97. The van der Waals surface area contributed by atoms with Gasteiger partial charge in [0.05, 0.1) is 7.05 Å². The zero-order valence-electron chi connectivity index (χ0n) is 35.6. The number of imidazole rings is 1. The van der Waals surface area contributed by atoms with Gasteiger partial charge >= 0.3 is 0 Å². The molecule has 0 fully saturated rings. The second-order valence-electron chi connectivity index (χ2n) is 16.6. The van der Waals surface area contributed by atoms with Crippen LogP contribution in [0.15, 0.2) is 18.7 Å². The molecule has 0 spiro atoms. The lowest BCUT2D eigenvalue weighted by Gasteiger charge is -2.20. The van der Waals surface area contributed by atoms with Crippen molar-refractivity contribution >= 4 is 12.4 Å². The summed E-state index contributed by atoms with van der Waals surface area (Å²) in [5, 5.41) is 4.08. The predicted octanol–water partition coefficient (Wildman–Crippen LogP) is 15.7. The van der Waals surface area contributed by atoms with Crippen LogP contribution in [-0.4, -0.2) is 17.2 Å². The molecule has 0 aliphatic carbocycles. The van der Waals surface area contributed by atoms with Crippen molar-refractivity contribution in [2.24, 2.45) is 7.05 Å². The van der Waals surface area contributed by atoms with Gasteiger partial charge in [0.2, 0.25) is 6.33 Å². The van der Waals surface area contributed by atoms with Gasteiger partial charge < -0.3 is 5.32 Å². The van der Waals surface area contributed by atoms with Crippen molar-refractivity contribution in [3.63, 3.8) is 0 Å². The molecule has 1 aromatic heterocycles. The molecule has 1 rings (SSSR count). The van der Waals surface area contributed by atoms with E-state index in [2.05, 4.69) is 61.0 Å². The Labute approximate surface area is 328 Å². The summed E-state index contributed by atoms with van der Waals surface area (Å²) in [5.74, 6) is 0. The summed E-state index contributed by atoms with van der Waals surface area (Å²) in [6.45, 7) is 8.19. The first kappa shape index (κ1) is 50.5. The minimum absolute atomic E-state index is 0. The molecule has 51 heavy (non-hydrogen) atoms. The van der Waals surface area contributed by atoms with E-state index in [1.807, 2.05) is 0 Å². The molecule has 0 saturated heterocycles. The third-order valence-corrected chi connectivity index (χ3v) is 11.6. The fourth-order valence-corrected chi connectivity index (χ4v) is 8.09. The molecule has 0 saturated carbocycles. The number of aryl methyl sites for hydroxylation is 1. The van der Waals surface area contributed by atoms with Crippen LogP contribution in [0, 0.1) is 0 Å². The maximum Gasteiger partial charge on any atom is 0.243 e. The number of nitrogens with zero attached hydrogens (tertiary/aromatic N) is 2. The largest absolute Gasteiger partial charge is 0.314 e. The molecular weight excluding hydrogens is 642 g/mol. The zero-order valence-corrected chi connectivity index (χ0v) is 36.4. The average Bonchev–Trinajstić information content (AvgIpc) is 3.56. The average molecular weight is 738 g/mol. The van der Waals surface area contributed by atoms with Crippen molar-refractivity contribution < 1.29 is 4.57 Å². The van der Waals surface area contributed by atoms with Crippen molar-refractivity contribution in [2.45, 2.75) is 270 Å². The first-order valence-electron chi connectivity index (χ1n) is 23.5. The molecule has 1 heterocycles. The Balaban J connectivity index is 0.0000250. The molecule has 2 unspecified atom stereocenters. The van der Waals surface area contributed by atoms with Crippen molar-refractivity contribution in [2.75, 3.05) is 6.54 Å². The van der Waals surface area contributed by atoms with Crippen LogP contribution in [0.2, 0.25) is 0 Å². The highest BCUT2D eigenvalue weighted by atomic mass is 35.5. The second kappa shape index (κ2) is 40.6. The number of hydrogen-bond donors (Lipinski definition) is 1. The molecule has 0 aliphatic rings. The van der Waals surface area contributed by atoms with Crippen molar-refractivity contribution in [1.29, 1.82) is 0 Å². The van der Waals surface area contributed by atoms with E-state index in [4.69, 9.17) is 0 Å². The van der Waals surface area contributed by atoms with Crippen LogP contribution in [-0.2, 0) is 7.05 Å². The molecular formula is C47H95ClN3+. The van der Waals surface area contributed by atoms with Gasteiger partial charge in [0.25, 0.3) is 0 Å². The summed E-state index contributed by atoms with van der Waals surface area (Å²) in [6, 6.07) is 1.39. The fourth-order valence-electron chi connectivity index (χ4n) is 8.09. The molecule has 0 aromatic carbocycles. The van der Waals surface area contributed by atoms with Crippen LogP contribution >= 0.6 is 12.4 Å². The lowest BCUT2D eigenvalue weighted by molar-refractivity contribution is -0.724. The topological polar surface area (TPSA) is 20.8 Å². The van der Waals surface area contributed by atoms with Crippen LogP contribution in [0.1, 0.15) is 264 Å². The standard InChI is InChI=1S/C47H94N3.ClH/c1-5-8-11-14-17-20-21-22-23-24-25-26-27-30-33-36-42-48-46(38-34-31-28-18-15-12-9-6-2)39-37-41-47(50-44-43-49(4)45-50)40-35-32-29-19-16-13-10-7-3;/h43-48H,5-42H2,1-4H3;1H/q+1;. The van der Waals surface area contributed by atoms with Gasteiger partial charge in [-0.25, -0.2) is 9.13 Å². The minimum Gasteiger partial charge on any atom is -0.314 e. The Hall–Kier alpha value is -0.540. The zero-order chi connectivity index (χ0) is 36.0. The van der Waals surface area contributed by atoms with E-state index >= 15 is 0 Å². The van der Waals surface area contributed by atoms with E-state index in [9.17, 15) is 0 Å². The SMILES string of the molecule is CCCCCCCCCCCCCCCCCCNC(CCCCCCCCCC)CCCC(CCCCCCCCCC)[n+]1ccn(C)c1.Cl. The Kier molecular flexibility index (Phi) is 40.2. The molecule has 4 heteroatoms. The number of hydrogen-bond acceptors (Lipinski definition) is 1. The third-order valence-electron chi connectivity index (χ3n) is 11.6. The molecule has 1 N–H and O–H groups in total. The lowest BCUT2D eigenvalue weighted by Crippen LogP contribution is -2.38. The predicted molar refractivity (Wildman–Crippen MR) is 232 cm³/mol. The maximum absolute atomic E-state index is 4.08. The van der Waals surface area contributed by atoms with E-state index in [0.29, 0.717) is 6.04 Å². The van der Waals surface area contributed by atoms with Gasteiger partial charge in [-0.05, 0) is 51.5 Å². The van der Waals surface area contributed by atoms with Crippen molar-refractivity contribution in [1.82, 2.24) is 9.88 Å². The summed E-state index contributed by atoms with van der Waals surface area (Å²) in [5.41, 5.74) is 0. The first-order chi connectivity index (χ1) is 24.7. The number of nitrogens with one attached hydrogen (secondary N) is 1. The monoisotopic (exact) mass is 737 g/mol. The molecule has 2 atom stereocenters. The van der Waals surface area contributed by atoms with Crippen molar-refractivity contribution in [3.8, 4) is 0 Å². The quantitative estimate of drug-likeness (QED) is 0.0524. The van der Waals surface area contributed by atoms with Gasteiger partial charge in [-0.1, -0.05) is 213 Å². The van der Waals surface area contributed by atoms with E-state index in [1.54, 1.807) is 0 Å². The van der Waals surface area contributed by atoms with E-state index in [-0.39, 0.29) is 12.4 Å². The number of unbranched alkanes of at least 4 members (excludes halogenated alkanes) is 29. The highest BCUT2D eigenvalue weighted by molar-refractivity contribution is 5.85. The maximum atomic E-state index is 4.08. The Bertz CT molecular complexity index is 779. The molecule has 0 radical (unpaired) electrons. The third kappa shape index (κ3) is 33.7. The van der Waals surface area contributed by atoms with Gasteiger partial charge in [0.15, 0.2) is 0 Å². The minimum atomic E-state index is 0. The smallest absolute Gasteiger partial charge is 0.243 e. The summed E-state index contributed by atoms with van der Waals surface area (Å²) >= 11 is 0. The molecule has 304 valence electrons. The molecule has 1 aromatic rings. The van der Waals surface area contributed by atoms with Crippen LogP contribution in [0.4, 0.5) is 0 Å². The Morgan fingerprint density at radius 2 is 0.765 bits per heavy atom. The van der Waals surface area contributed by atoms with Crippen LogP contribution in [0.25, 0.3) is 0 Å². The van der Waals surface area contributed by atoms with Crippen LogP contribution in [0.5, 0.6) is 0 Å². The highest BCUT2D eigenvalue weighted by Gasteiger charge is 2.17. The highest BCUT2D eigenvalue weighted by Crippen LogP contribution is 2.21. The number of rotatable bonds is 41. The Morgan fingerprint density at radius 3 is 1.16 bits per heavy atom. The molecule has 0 bridgehead atoms. The first-order valence-corrected chi connectivity index (χ1v) is 23.5. The van der Waals surface area contributed by atoms with Gasteiger partial charge in [-0.3, -0.25) is 0 Å². The second-order valence-corrected chi connectivity index (χ2v) is 16.6. The van der Waals surface area contributed by atoms with Gasteiger partial charge in [-0.2, -0.15) is 0 Å². The summed E-state index contributed by atoms with van der Waals surface area (Å²) < 4.78 is 4.75. The molecule has 3 nitrogen and oxygen atoms in total. The number of aromatic nitrogens is 2. The van der Waals surface area contributed by atoms with Crippen LogP contribution < -0.4 is 9.88 Å². The summed E-state index contributed by atoms with van der Waals surface area (Å²) in [6.07, 6.45) is 59.6. The molecule has 0 aliphatic heterocycles. The van der Waals surface area contributed by atoms with Gasteiger partial charge in [0.1, 0.15) is 18.4 Å². The normalized spacial score (nSPS) is 12.7. The summed E-state index contributed by atoms with van der Waals surface area (Å²) in [7, 11) is 2.17. The van der Waals surface area contributed by atoms with E-state index < -0.39 is 0 Å². The van der Waals surface area contributed by atoms with Gasteiger partial charge in [-0.15, -0.1) is 12.4 Å². The Morgan fingerprint density at radius 1 is 0.431 bits per heavy atom. The summed E-state index contributed by atoms with van der Waals surface area (Å²) in [4.78, 5) is 0. The fraction of sp³-hybridized carbons (Fsp3) is 0.936. The van der Waals surface area contributed by atoms with E-state index in [1.165, 1.54) is 244 Å².